The van der Waals surface area contributed by atoms with Crippen LogP contribution in [0, 0.1) is 0 Å². The van der Waals surface area contributed by atoms with E-state index in [1.54, 1.807) is 0 Å². The van der Waals surface area contributed by atoms with Crippen molar-refractivity contribution in [2.24, 2.45) is 0 Å². The molecule has 2 nitrogen and oxygen atoms in total. The molecule has 13 aromatic rings. The second kappa shape index (κ2) is 14.6. The van der Waals surface area contributed by atoms with Gasteiger partial charge in [0.05, 0.1) is 22.4 Å². The molecule has 298 valence electrons. The normalized spacial score (nSPS) is 11.8. The molecule has 0 amide bonds. The number of aromatic nitrogens is 1. The Balaban J connectivity index is 0.968. The van der Waals surface area contributed by atoms with E-state index in [1.807, 2.05) is 0 Å². The van der Waals surface area contributed by atoms with Crippen molar-refractivity contribution in [2.45, 2.75) is 0 Å². The monoisotopic (exact) mass is 812 g/mol. The third-order valence-corrected chi connectivity index (χ3v) is 13.3. The van der Waals surface area contributed by atoms with Crippen molar-refractivity contribution in [1.29, 1.82) is 0 Å². The van der Waals surface area contributed by atoms with Gasteiger partial charge >= 0.3 is 0 Å². The summed E-state index contributed by atoms with van der Waals surface area (Å²) in [5, 5.41) is 15.0. The number of hydrogen-bond acceptors (Lipinski definition) is 1. The summed E-state index contributed by atoms with van der Waals surface area (Å²) in [7, 11) is 0. The van der Waals surface area contributed by atoms with Crippen molar-refractivity contribution in [3.8, 4) is 27.9 Å². The van der Waals surface area contributed by atoms with Crippen LogP contribution in [0.15, 0.2) is 243 Å². The SMILES string of the molecule is c1cc(-c2ccccc2-c2ccc3c(c2)c2ccccc2n3-c2ccc3c4ccccc4c4ccccc4c3c2)cc(N(c2cccc3ccccc23)c2cccc3ccccc23)c1. The average molecular weight is 813 g/mol. The van der Waals surface area contributed by atoms with E-state index in [-0.39, 0.29) is 0 Å². The lowest BCUT2D eigenvalue weighted by Gasteiger charge is -2.28. The molecule has 0 radical (unpaired) electrons. The number of para-hydroxylation sites is 1. The van der Waals surface area contributed by atoms with Gasteiger partial charge < -0.3 is 9.47 Å². The van der Waals surface area contributed by atoms with Gasteiger partial charge in [-0.1, -0.05) is 188 Å². The molecule has 0 aliphatic heterocycles. The zero-order valence-electron chi connectivity index (χ0n) is 35.0. The molecular formula is C62H40N2. The van der Waals surface area contributed by atoms with Crippen molar-refractivity contribution in [2.75, 3.05) is 4.90 Å². The van der Waals surface area contributed by atoms with E-state index >= 15 is 0 Å². The minimum Gasteiger partial charge on any atom is -0.309 e. The highest BCUT2D eigenvalue weighted by atomic mass is 15.1. The van der Waals surface area contributed by atoms with Crippen LogP contribution in [0.5, 0.6) is 0 Å². The molecule has 0 saturated carbocycles. The fourth-order valence-corrected chi connectivity index (χ4v) is 10.5. The molecule has 0 atom stereocenters. The van der Waals surface area contributed by atoms with Crippen LogP contribution in [0.1, 0.15) is 0 Å². The lowest BCUT2D eigenvalue weighted by molar-refractivity contribution is 1.19. The molecule has 12 aromatic carbocycles. The van der Waals surface area contributed by atoms with E-state index in [0.717, 1.165) is 28.3 Å². The summed E-state index contributed by atoms with van der Waals surface area (Å²) in [5.41, 5.74) is 11.7. The van der Waals surface area contributed by atoms with E-state index in [9.17, 15) is 0 Å². The minimum absolute atomic E-state index is 1.11. The van der Waals surface area contributed by atoms with Crippen molar-refractivity contribution in [3.05, 3.63) is 243 Å². The Labute approximate surface area is 371 Å². The first-order chi connectivity index (χ1) is 31.8. The first-order valence-electron chi connectivity index (χ1n) is 22.1. The molecule has 64 heavy (non-hydrogen) atoms. The number of anilines is 3. The number of fused-ring (bicyclic) bond motifs is 11. The lowest BCUT2D eigenvalue weighted by Crippen LogP contribution is -2.11. The van der Waals surface area contributed by atoms with Crippen LogP contribution < -0.4 is 4.90 Å². The van der Waals surface area contributed by atoms with Crippen LogP contribution in [0.25, 0.3) is 104 Å². The summed E-state index contributed by atoms with van der Waals surface area (Å²) in [5.74, 6) is 0. The van der Waals surface area contributed by atoms with Gasteiger partial charge in [0.25, 0.3) is 0 Å². The largest absolute Gasteiger partial charge is 0.309 e. The Bertz CT molecular complexity index is 3860. The van der Waals surface area contributed by atoms with Gasteiger partial charge in [0.15, 0.2) is 0 Å². The highest BCUT2D eigenvalue weighted by Gasteiger charge is 2.20. The second-order valence-electron chi connectivity index (χ2n) is 16.8. The zero-order chi connectivity index (χ0) is 42.1. The minimum atomic E-state index is 1.11. The van der Waals surface area contributed by atoms with E-state index in [4.69, 9.17) is 0 Å². The summed E-state index contributed by atoms with van der Waals surface area (Å²) in [6.07, 6.45) is 0. The molecule has 0 bridgehead atoms. The van der Waals surface area contributed by atoms with Gasteiger partial charge in [0.2, 0.25) is 0 Å². The molecule has 0 aliphatic rings. The van der Waals surface area contributed by atoms with Gasteiger partial charge in [-0.2, -0.15) is 0 Å². The predicted molar refractivity (Wildman–Crippen MR) is 274 cm³/mol. The maximum atomic E-state index is 2.45. The van der Waals surface area contributed by atoms with Gasteiger partial charge in [-0.3, -0.25) is 0 Å². The highest BCUT2D eigenvalue weighted by molar-refractivity contribution is 6.25. The van der Waals surface area contributed by atoms with Gasteiger partial charge in [0.1, 0.15) is 0 Å². The maximum Gasteiger partial charge on any atom is 0.0541 e. The topological polar surface area (TPSA) is 8.17 Å². The molecule has 2 heteroatoms. The van der Waals surface area contributed by atoms with E-state index in [2.05, 4.69) is 252 Å². The number of hydrogen-bond donors (Lipinski definition) is 0. The summed E-state index contributed by atoms with van der Waals surface area (Å²) in [6, 6.07) is 89.1. The Morgan fingerprint density at radius 2 is 0.734 bits per heavy atom. The first kappa shape index (κ1) is 36.2. The van der Waals surface area contributed by atoms with Crippen LogP contribution in [0.2, 0.25) is 0 Å². The van der Waals surface area contributed by atoms with Crippen molar-refractivity contribution in [3.63, 3.8) is 0 Å². The molecular weight excluding hydrogens is 773 g/mol. The summed E-state index contributed by atoms with van der Waals surface area (Å²) >= 11 is 0. The fraction of sp³-hybridized carbons (Fsp3) is 0. The van der Waals surface area contributed by atoms with Crippen molar-refractivity contribution < 1.29 is 0 Å². The lowest BCUT2D eigenvalue weighted by atomic mass is 9.93. The third-order valence-electron chi connectivity index (χ3n) is 13.3. The van der Waals surface area contributed by atoms with Crippen LogP contribution in [0.3, 0.4) is 0 Å². The molecule has 1 aromatic heterocycles. The molecule has 0 N–H and O–H groups in total. The molecule has 13 rings (SSSR count). The molecule has 0 aliphatic carbocycles. The van der Waals surface area contributed by atoms with E-state index in [1.165, 1.54) is 92.4 Å². The molecule has 0 spiro atoms. The van der Waals surface area contributed by atoms with Gasteiger partial charge in [-0.05, 0) is 120 Å². The van der Waals surface area contributed by atoms with Crippen molar-refractivity contribution >= 4 is 92.7 Å². The Morgan fingerprint density at radius 1 is 0.266 bits per heavy atom. The number of benzene rings is 12. The summed E-state index contributed by atoms with van der Waals surface area (Å²) in [6.45, 7) is 0. The quantitative estimate of drug-likeness (QED) is 0.152. The maximum absolute atomic E-state index is 2.45. The van der Waals surface area contributed by atoms with Gasteiger partial charge in [-0.25, -0.2) is 0 Å². The van der Waals surface area contributed by atoms with Crippen LogP contribution in [-0.2, 0) is 0 Å². The molecule has 0 saturated heterocycles. The summed E-state index contributed by atoms with van der Waals surface area (Å²) in [4.78, 5) is 2.44. The first-order valence-corrected chi connectivity index (χ1v) is 22.1. The summed E-state index contributed by atoms with van der Waals surface area (Å²) < 4.78 is 2.45. The van der Waals surface area contributed by atoms with Gasteiger partial charge in [0, 0.05) is 32.9 Å². The smallest absolute Gasteiger partial charge is 0.0541 e. The van der Waals surface area contributed by atoms with Crippen LogP contribution >= 0.6 is 0 Å². The Hall–Kier alpha value is -8.46. The van der Waals surface area contributed by atoms with Gasteiger partial charge in [-0.15, -0.1) is 0 Å². The standard InChI is InChI=1S/C62H40N2/c1-3-24-49-41(16-1)18-14-32-59(49)63(60-33-15-19-42-17-2-4-25-50(42)60)45-21-13-20-43(38-45)47-22-5-6-23-48(47)44-34-37-62-58(39-44)56-30-11-12-31-61(56)64(62)46-35-36-55-53-28-8-7-26-51(53)52-27-9-10-29-54(52)57(55)40-46/h1-40H. The zero-order valence-corrected chi connectivity index (χ0v) is 35.0. The predicted octanol–water partition coefficient (Wildman–Crippen LogP) is 17.4. The van der Waals surface area contributed by atoms with E-state index < -0.39 is 0 Å². The van der Waals surface area contributed by atoms with E-state index in [0.29, 0.717) is 0 Å². The van der Waals surface area contributed by atoms with Crippen molar-refractivity contribution in [1.82, 2.24) is 4.57 Å². The third kappa shape index (κ3) is 5.66. The Kier molecular flexibility index (Phi) is 8.25. The Morgan fingerprint density at radius 3 is 1.38 bits per heavy atom. The second-order valence-corrected chi connectivity index (χ2v) is 16.8. The average Bonchev–Trinajstić information content (AvgIpc) is 3.70. The number of nitrogens with zero attached hydrogens (tertiary/aromatic N) is 2. The van der Waals surface area contributed by atoms with Crippen LogP contribution in [-0.4, -0.2) is 4.57 Å². The molecule has 0 unspecified atom stereocenters. The molecule has 1 heterocycles. The molecule has 0 fully saturated rings. The highest BCUT2D eigenvalue weighted by Crippen LogP contribution is 2.45. The van der Waals surface area contributed by atoms with Crippen LogP contribution in [0.4, 0.5) is 17.1 Å². The number of rotatable bonds is 6. The fourth-order valence-electron chi connectivity index (χ4n) is 10.5.